The number of benzene rings is 1. The minimum Gasteiger partial charge on any atom is -0.370 e. The van der Waals surface area contributed by atoms with Crippen molar-refractivity contribution in [3.05, 3.63) is 30.1 Å². The Labute approximate surface area is 158 Å². The quantitative estimate of drug-likeness (QED) is 0.572. The summed E-state index contributed by atoms with van der Waals surface area (Å²) in [5.41, 5.74) is 6.66. The first kappa shape index (κ1) is 20.0. The average Bonchev–Trinajstić information content (AvgIpc) is 2.92. The summed E-state index contributed by atoms with van der Waals surface area (Å²) in [5, 5.41) is 0. The Morgan fingerprint density at radius 2 is 1.92 bits per heavy atom. The Bertz CT molecular complexity index is 721. The van der Waals surface area contributed by atoms with Crippen LogP contribution in [0.5, 0.6) is 0 Å². The van der Waals surface area contributed by atoms with Gasteiger partial charge in [-0.1, -0.05) is 12.1 Å². The third-order valence-corrected chi connectivity index (χ3v) is 6.47. The second kappa shape index (κ2) is 8.35. The van der Waals surface area contributed by atoms with Crippen molar-refractivity contribution in [1.29, 1.82) is 0 Å². The van der Waals surface area contributed by atoms with Gasteiger partial charge in [0.2, 0.25) is 0 Å². The highest BCUT2D eigenvalue weighted by atomic mass is 79.9. The molecule has 3 rings (SSSR count). The Balaban J connectivity index is 0.00000225. The molecular formula is C16H24BrFN4O2S. The van der Waals surface area contributed by atoms with E-state index in [0.29, 0.717) is 50.8 Å². The van der Waals surface area contributed by atoms with Crippen LogP contribution in [0.2, 0.25) is 0 Å². The fraction of sp³-hybridized carbons (Fsp3) is 0.562. The van der Waals surface area contributed by atoms with E-state index in [1.807, 2.05) is 15.9 Å². The predicted octanol–water partition coefficient (Wildman–Crippen LogP) is 1.27. The van der Waals surface area contributed by atoms with Gasteiger partial charge in [0, 0.05) is 32.7 Å². The molecule has 0 amide bonds. The lowest BCUT2D eigenvalue weighted by atomic mass is 10.1. The van der Waals surface area contributed by atoms with Crippen LogP contribution in [0.4, 0.5) is 10.1 Å². The summed E-state index contributed by atoms with van der Waals surface area (Å²) in [6, 6.07) is 6.76. The van der Waals surface area contributed by atoms with Crippen LogP contribution in [0.3, 0.4) is 0 Å². The van der Waals surface area contributed by atoms with E-state index in [9.17, 15) is 12.8 Å². The Hall–Kier alpha value is -1.35. The van der Waals surface area contributed by atoms with Crippen molar-refractivity contribution in [3.63, 3.8) is 0 Å². The maximum Gasteiger partial charge on any atom is 0.191 e. The number of aliphatic imine (C=N–C) groups is 1. The number of piperazine rings is 1. The number of nitrogens with zero attached hydrogens (tertiary/aromatic N) is 3. The number of nitrogens with two attached hydrogens (primary N) is 1. The van der Waals surface area contributed by atoms with Crippen LogP contribution in [0.25, 0.3) is 0 Å². The molecule has 2 saturated heterocycles. The summed E-state index contributed by atoms with van der Waals surface area (Å²) < 4.78 is 36.8. The second-order valence-electron chi connectivity index (χ2n) is 6.39. The van der Waals surface area contributed by atoms with Crippen molar-refractivity contribution in [2.75, 3.05) is 49.1 Å². The van der Waals surface area contributed by atoms with Gasteiger partial charge in [-0.25, -0.2) is 12.8 Å². The molecule has 1 atom stereocenters. The number of hydrogen-bond donors (Lipinski definition) is 1. The van der Waals surface area contributed by atoms with E-state index >= 15 is 0 Å². The van der Waals surface area contributed by atoms with E-state index in [4.69, 9.17) is 5.73 Å². The number of guanidine groups is 1. The SMILES string of the molecule is Br.NC(=NCC1CCS(=O)(=O)C1)N1CCN(c2ccccc2F)CC1. The van der Waals surface area contributed by atoms with Gasteiger partial charge in [-0.15, -0.1) is 17.0 Å². The zero-order valence-electron chi connectivity index (χ0n) is 14.0. The Morgan fingerprint density at radius 1 is 1.24 bits per heavy atom. The molecule has 0 bridgehead atoms. The fourth-order valence-corrected chi connectivity index (χ4v) is 5.07. The lowest BCUT2D eigenvalue weighted by molar-refractivity contribution is 0.377. The summed E-state index contributed by atoms with van der Waals surface area (Å²) in [5.74, 6) is 0.787. The monoisotopic (exact) mass is 434 g/mol. The third-order valence-electron chi connectivity index (χ3n) is 4.64. The number of para-hydroxylation sites is 1. The molecule has 0 saturated carbocycles. The topological polar surface area (TPSA) is 79.0 Å². The number of sulfone groups is 1. The summed E-state index contributed by atoms with van der Waals surface area (Å²) >= 11 is 0. The zero-order chi connectivity index (χ0) is 17.2. The van der Waals surface area contributed by atoms with Gasteiger partial charge in [-0.2, -0.15) is 0 Å². The lowest BCUT2D eigenvalue weighted by Crippen LogP contribution is -2.51. The van der Waals surface area contributed by atoms with Crippen molar-refractivity contribution >= 4 is 38.5 Å². The lowest BCUT2D eigenvalue weighted by Gasteiger charge is -2.36. The first-order valence-electron chi connectivity index (χ1n) is 8.19. The molecule has 0 aromatic heterocycles. The summed E-state index contributed by atoms with van der Waals surface area (Å²) in [6.07, 6.45) is 0.667. The smallest absolute Gasteiger partial charge is 0.191 e. The molecule has 6 nitrogen and oxygen atoms in total. The molecular weight excluding hydrogens is 411 g/mol. The second-order valence-corrected chi connectivity index (χ2v) is 8.62. The molecule has 2 fully saturated rings. The molecule has 1 unspecified atom stereocenters. The van der Waals surface area contributed by atoms with E-state index in [0.717, 1.165) is 0 Å². The largest absolute Gasteiger partial charge is 0.370 e. The average molecular weight is 435 g/mol. The van der Waals surface area contributed by atoms with E-state index in [1.54, 1.807) is 12.1 Å². The standard InChI is InChI=1S/C16H23FN4O2S.BrH/c17-14-3-1-2-4-15(14)20-6-8-21(9-7-20)16(18)19-11-13-5-10-24(22,23)12-13;/h1-4,13H,5-12H2,(H2,18,19);1H. The minimum atomic E-state index is -2.88. The van der Waals surface area contributed by atoms with Crippen molar-refractivity contribution in [2.24, 2.45) is 16.6 Å². The molecule has 140 valence electrons. The molecule has 9 heteroatoms. The summed E-state index contributed by atoms with van der Waals surface area (Å²) in [7, 11) is -2.88. The van der Waals surface area contributed by atoms with Gasteiger partial charge >= 0.3 is 0 Å². The highest BCUT2D eigenvalue weighted by Gasteiger charge is 2.28. The van der Waals surface area contributed by atoms with E-state index in [1.165, 1.54) is 6.07 Å². The highest BCUT2D eigenvalue weighted by Crippen LogP contribution is 2.21. The van der Waals surface area contributed by atoms with Crippen LogP contribution in [0.15, 0.2) is 29.3 Å². The maximum absolute atomic E-state index is 13.8. The van der Waals surface area contributed by atoms with Gasteiger partial charge < -0.3 is 15.5 Å². The normalized spacial score (nSPS) is 23.4. The van der Waals surface area contributed by atoms with Crippen molar-refractivity contribution in [1.82, 2.24) is 4.90 Å². The number of rotatable bonds is 3. The first-order valence-corrected chi connectivity index (χ1v) is 10.0. The molecule has 1 aromatic rings. The van der Waals surface area contributed by atoms with Gasteiger partial charge in [-0.3, -0.25) is 4.99 Å². The van der Waals surface area contributed by atoms with E-state index in [2.05, 4.69) is 4.99 Å². The van der Waals surface area contributed by atoms with Crippen LogP contribution in [0, 0.1) is 11.7 Å². The molecule has 0 spiro atoms. The molecule has 25 heavy (non-hydrogen) atoms. The number of halogens is 2. The third kappa shape index (κ3) is 5.07. The highest BCUT2D eigenvalue weighted by molar-refractivity contribution is 8.93. The van der Waals surface area contributed by atoms with Crippen LogP contribution >= 0.6 is 17.0 Å². The number of anilines is 1. The molecule has 2 heterocycles. The molecule has 0 radical (unpaired) electrons. The Morgan fingerprint density at radius 3 is 2.52 bits per heavy atom. The molecule has 2 aliphatic rings. The minimum absolute atomic E-state index is 0. The number of hydrogen-bond acceptors (Lipinski definition) is 4. The van der Waals surface area contributed by atoms with Gasteiger partial charge in [0.1, 0.15) is 5.82 Å². The predicted molar refractivity (Wildman–Crippen MR) is 104 cm³/mol. The maximum atomic E-state index is 13.8. The summed E-state index contributed by atoms with van der Waals surface area (Å²) in [6.45, 7) is 3.15. The van der Waals surface area contributed by atoms with Crippen LogP contribution in [0.1, 0.15) is 6.42 Å². The van der Waals surface area contributed by atoms with Crippen LogP contribution in [-0.4, -0.2) is 63.5 Å². The van der Waals surface area contributed by atoms with E-state index in [-0.39, 0.29) is 40.2 Å². The molecule has 0 aliphatic carbocycles. The van der Waals surface area contributed by atoms with Crippen LogP contribution in [-0.2, 0) is 9.84 Å². The van der Waals surface area contributed by atoms with Gasteiger partial charge in [-0.05, 0) is 24.5 Å². The zero-order valence-corrected chi connectivity index (χ0v) is 16.5. The first-order chi connectivity index (χ1) is 11.4. The van der Waals surface area contributed by atoms with Gasteiger partial charge in [0.15, 0.2) is 15.8 Å². The Kier molecular flexibility index (Phi) is 6.67. The van der Waals surface area contributed by atoms with Crippen molar-refractivity contribution in [3.8, 4) is 0 Å². The van der Waals surface area contributed by atoms with Crippen molar-refractivity contribution < 1.29 is 12.8 Å². The molecule has 2 N–H and O–H groups in total. The summed E-state index contributed by atoms with van der Waals surface area (Å²) in [4.78, 5) is 8.35. The van der Waals surface area contributed by atoms with Crippen molar-refractivity contribution in [2.45, 2.75) is 6.42 Å². The molecule has 1 aromatic carbocycles. The van der Waals surface area contributed by atoms with Gasteiger partial charge in [0.25, 0.3) is 0 Å². The van der Waals surface area contributed by atoms with E-state index < -0.39 is 9.84 Å². The fourth-order valence-electron chi connectivity index (χ4n) is 3.22. The van der Waals surface area contributed by atoms with Gasteiger partial charge in [0.05, 0.1) is 17.2 Å². The van der Waals surface area contributed by atoms with Crippen LogP contribution < -0.4 is 10.6 Å². The molecule has 2 aliphatic heterocycles.